The van der Waals surface area contributed by atoms with Gasteiger partial charge in [-0.25, -0.2) is 4.79 Å². The molecule has 3 heterocycles. The van der Waals surface area contributed by atoms with Crippen LogP contribution in [-0.4, -0.2) is 44.7 Å². The molecule has 2 atom stereocenters. The Morgan fingerprint density at radius 1 is 1.36 bits per heavy atom. The van der Waals surface area contributed by atoms with E-state index in [0.29, 0.717) is 25.1 Å². The van der Waals surface area contributed by atoms with Crippen LogP contribution in [0, 0.1) is 0 Å². The number of rotatable bonds is 3. The average molecular weight is 339 g/mol. The van der Waals surface area contributed by atoms with Gasteiger partial charge in [0.2, 0.25) is 0 Å². The van der Waals surface area contributed by atoms with Crippen LogP contribution in [-0.2, 0) is 22.5 Å². The molecule has 0 aliphatic carbocycles. The molecule has 1 fully saturated rings. The smallest absolute Gasteiger partial charge is 0.339 e. The summed E-state index contributed by atoms with van der Waals surface area (Å²) in [6.45, 7) is 3.09. The molecule has 0 spiro atoms. The number of hydrogen-bond acceptors (Lipinski definition) is 4. The van der Waals surface area contributed by atoms with E-state index in [4.69, 9.17) is 4.74 Å². The summed E-state index contributed by atoms with van der Waals surface area (Å²) in [5, 5.41) is 4.24. The molecule has 0 saturated carbocycles. The summed E-state index contributed by atoms with van der Waals surface area (Å²) in [7, 11) is 0. The van der Waals surface area contributed by atoms with Gasteiger partial charge in [0.05, 0.1) is 18.2 Å². The summed E-state index contributed by atoms with van der Waals surface area (Å²) < 4.78 is 7.45. The summed E-state index contributed by atoms with van der Waals surface area (Å²) >= 11 is 0. The molecule has 1 aromatic heterocycles. The molecule has 130 valence electrons. The van der Waals surface area contributed by atoms with E-state index in [1.54, 1.807) is 19.2 Å². The molecule has 2 aromatic rings. The molecule has 6 nitrogen and oxygen atoms in total. The van der Waals surface area contributed by atoms with E-state index in [0.717, 1.165) is 18.4 Å². The molecule has 1 saturated heterocycles. The van der Waals surface area contributed by atoms with Crippen LogP contribution in [0.5, 0.6) is 0 Å². The van der Waals surface area contributed by atoms with Gasteiger partial charge in [-0.05, 0) is 37.5 Å². The lowest BCUT2D eigenvalue weighted by Gasteiger charge is -2.37. The van der Waals surface area contributed by atoms with Crippen molar-refractivity contribution in [1.29, 1.82) is 0 Å². The number of carbonyl (C=O) groups excluding carboxylic acids is 2. The Hall–Kier alpha value is -2.63. The molecular formula is C19H21N3O3. The number of likely N-dealkylation sites (tertiary alicyclic amines) is 1. The highest BCUT2D eigenvalue weighted by Gasteiger charge is 2.47. The number of amides is 1. The number of benzene rings is 1. The first-order valence-corrected chi connectivity index (χ1v) is 8.66. The normalized spacial score (nSPS) is 25.6. The van der Waals surface area contributed by atoms with Gasteiger partial charge in [0.25, 0.3) is 5.91 Å². The molecule has 6 heteroatoms. The predicted molar refractivity (Wildman–Crippen MR) is 90.9 cm³/mol. The van der Waals surface area contributed by atoms with Crippen molar-refractivity contribution in [2.24, 2.45) is 0 Å². The molecule has 2 aliphatic rings. The first kappa shape index (κ1) is 15.9. The van der Waals surface area contributed by atoms with Gasteiger partial charge in [-0.15, -0.1) is 0 Å². The van der Waals surface area contributed by atoms with Gasteiger partial charge in [-0.2, -0.15) is 5.10 Å². The Kier molecular flexibility index (Phi) is 3.82. The maximum Gasteiger partial charge on any atom is 0.339 e. The minimum absolute atomic E-state index is 0.0834. The van der Waals surface area contributed by atoms with E-state index in [1.807, 2.05) is 40.0 Å². The average Bonchev–Trinajstić information content (AvgIpc) is 3.26. The first-order chi connectivity index (χ1) is 12.1. The molecule has 0 radical (unpaired) electrons. The third-order valence-corrected chi connectivity index (χ3v) is 5.13. The molecule has 25 heavy (non-hydrogen) atoms. The lowest BCUT2D eigenvalue weighted by molar-refractivity contribution is -0.152. The number of hydrogen-bond donors (Lipinski definition) is 0. The van der Waals surface area contributed by atoms with Crippen LogP contribution in [0.2, 0.25) is 0 Å². The zero-order chi connectivity index (χ0) is 17.4. The van der Waals surface area contributed by atoms with Crippen LogP contribution in [0.1, 0.15) is 35.7 Å². The predicted octanol–water partition coefficient (Wildman–Crippen LogP) is 2.05. The van der Waals surface area contributed by atoms with Crippen LogP contribution in [0.25, 0.3) is 0 Å². The number of ether oxygens (including phenoxy) is 1. The number of aromatic nitrogens is 2. The lowest BCUT2D eigenvalue weighted by Crippen LogP contribution is -2.54. The maximum atomic E-state index is 13.2. The standard InChI is InChI=1S/C19H21N3O3/c1-19(12-14-6-2-3-8-16(14)17(23)25-19)18(24)22-11-4-7-15(22)13-21-10-5-9-20-21/h2-3,5-6,8-10,15H,4,7,11-13H2,1H3. The Morgan fingerprint density at radius 3 is 3.00 bits per heavy atom. The van der Waals surface area contributed by atoms with Crippen LogP contribution in [0.4, 0.5) is 0 Å². The second kappa shape index (κ2) is 6.02. The third-order valence-electron chi connectivity index (χ3n) is 5.13. The van der Waals surface area contributed by atoms with E-state index in [1.165, 1.54) is 0 Å². The summed E-state index contributed by atoms with van der Waals surface area (Å²) in [5.74, 6) is -0.523. The number of nitrogens with zero attached hydrogens (tertiary/aromatic N) is 3. The summed E-state index contributed by atoms with van der Waals surface area (Å²) in [6, 6.07) is 9.30. The van der Waals surface area contributed by atoms with Gasteiger partial charge in [0.1, 0.15) is 0 Å². The zero-order valence-corrected chi connectivity index (χ0v) is 14.2. The van der Waals surface area contributed by atoms with Crippen molar-refractivity contribution >= 4 is 11.9 Å². The van der Waals surface area contributed by atoms with Crippen molar-refractivity contribution in [2.45, 2.75) is 44.4 Å². The Bertz CT molecular complexity index is 802. The number of cyclic esters (lactones) is 1. The SMILES string of the molecule is CC1(C(=O)N2CCCC2Cn2cccn2)Cc2ccccc2C(=O)O1. The molecule has 4 rings (SSSR count). The molecule has 0 bridgehead atoms. The first-order valence-electron chi connectivity index (χ1n) is 8.66. The second-order valence-corrected chi connectivity index (χ2v) is 6.98. The third kappa shape index (κ3) is 2.81. The van der Waals surface area contributed by atoms with Crippen molar-refractivity contribution in [3.05, 3.63) is 53.9 Å². The van der Waals surface area contributed by atoms with Crippen LogP contribution < -0.4 is 0 Å². The van der Waals surface area contributed by atoms with Crippen LogP contribution in [0.3, 0.4) is 0 Å². The minimum Gasteiger partial charge on any atom is -0.445 e. The van der Waals surface area contributed by atoms with Gasteiger partial charge in [0, 0.05) is 25.4 Å². The molecule has 1 amide bonds. The zero-order valence-electron chi connectivity index (χ0n) is 14.2. The van der Waals surface area contributed by atoms with Crippen molar-refractivity contribution in [3.8, 4) is 0 Å². The fraction of sp³-hybridized carbons (Fsp3) is 0.421. The van der Waals surface area contributed by atoms with E-state index in [-0.39, 0.29) is 11.9 Å². The fourth-order valence-corrected chi connectivity index (χ4v) is 3.87. The quantitative estimate of drug-likeness (QED) is 0.803. The summed E-state index contributed by atoms with van der Waals surface area (Å²) in [5.41, 5.74) is 0.290. The Labute approximate surface area is 146 Å². The molecule has 0 N–H and O–H groups in total. The number of esters is 1. The number of fused-ring (bicyclic) bond motifs is 1. The van der Waals surface area contributed by atoms with Gasteiger partial charge in [-0.1, -0.05) is 18.2 Å². The Balaban J connectivity index is 1.56. The van der Waals surface area contributed by atoms with Gasteiger partial charge in [-0.3, -0.25) is 9.48 Å². The van der Waals surface area contributed by atoms with Crippen molar-refractivity contribution < 1.29 is 14.3 Å². The van der Waals surface area contributed by atoms with Gasteiger partial charge < -0.3 is 9.64 Å². The second-order valence-electron chi connectivity index (χ2n) is 6.98. The fourth-order valence-electron chi connectivity index (χ4n) is 3.87. The highest BCUT2D eigenvalue weighted by atomic mass is 16.6. The summed E-state index contributed by atoms with van der Waals surface area (Å²) in [4.78, 5) is 27.5. The maximum absolute atomic E-state index is 13.2. The minimum atomic E-state index is -1.14. The monoisotopic (exact) mass is 339 g/mol. The molecule has 2 aliphatic heterocycles. The van der Waals surface area contributed by atoms with E-state index in [9.17, 15) is 9.59 Å². The van der Waals surface area contributed by atoms with Crippen molar-refractivity contribution in [2.75, 3.05) is 6.54 Å². The largest absolute Gasteiger partial charge is 0.445 e. The van der Waals surface area contributed by atoms with E-state index >= 15 is 0 Å². The van der Waals surface area contributed by atoms with Crippen LogP contribution >= 0.6 is 0 Å². The highest BCUT2D eigenvalue weighted by molar-refractivity contribution is 5.97. The molecular weight excluding hydrogens is 318 g/mol. The molecule has 1 aromatic carbocycles. The Morgan fingerprint density at radius 2 is 2.20 bits per heavy atom. The van der Waals surface area contributed by atoms with E-state index < -0.39 is 11.6 Å². The molecule has 2 unspecified atom stereocenters. The van der Waals surface area contributed by atoms with Crippen molar-refractivity contribution in [3.63, 3.8) is 0 Å². The van der Waals surface area contributed by atoms with Crippen LogP contribution in [0.15, 0.2) is 42.7 Å². The van der Waals surface area contributed by atoms with Gasteiger partial charge in [0.15, 0.2) is 5.60 Å². The van der Waals surface area contributed by atoms with Gasteiger partial charge >= 0.3 is 5.97 Å². The number of carbonyl (C=O) groups is 2. The lowest BCUT2D eigenvalue weighted by atomic mass is 9.88. The topological polar surface area (TPSA) is 64.4 Å². The highest BCUT2D eigenvalue weighted by Crippen LogP contribution is 2.32. The van der Waals surface area contributed by atoms with Crippen molar-refractivity contribution in [1.82, 2.24) is 14.7 Å². The van der Waals surface area contributed by atoms with E-state index in [2.05, 4.69) is 5.10 Å². The summed E-state index contributed by atoms with van der Waals surface area (Å²) in [6.07, 6.45) is 5.95.